The van der Waals surface area contributed by atoms with E-state index >= 15 is 0 Å². The van der Waals surface area contributed by atoms with Gasteiger partial charge in [-0.3, -0.25) is 19.4 Å². The predicted octanol–water partition coefficient (Wildman–Crippen LogP) is 13.6. The minimum atomic E-state index is -2.12. The number of ether oxygens (including phenoxy) is 2. The number of phenols is 2. The molecule has 2 aliphatic heterocycles. The van der Waals surface area contributed by atoms with E-state index in [4.69, 9.17) is 9.47 Å². The maximum Gasteiger partial charge on any atom is 0.269 e. The molecule has 2 heterocycles. The van der Waals surface area contributed by atoms with Crippen molar-refractivity contribution in [1.29, 1.82) is 0 Å². The summed E-state index contributed by atoms with van der Waals surface area (Å²) in [6.45, 7) is 0.709. The molecule has 0 saturated heterocycles. The molecule has 378 valence electrons. The van der Waals surface area contributed by atoms with E-state index in [0.717, 1.165) is 44.6 Å². The number of aliphatic hydroxyl groups is 1. The van der Waals surface area contributed by atoms with Gasteiger partial charge in [0.1, 0.15) is 36.2 Å². The van der Waals surface area contributed by atoms with Crippen molar-refractivity contribution in [2.45, 2.75) is 36.8 Å². The number of fused-ring (bicyclic) bond motifs is 2. The SMILES string of the molecule is O=C1C(c2cc(OCc3ccccc3)ccc2O)c2ccccc2N1C(c1ccccc1)c1ccccc1.O=C1N(C(c2ccccc2)c2ccccc2)c2ccccc2C1(O)c1cc(OCc2ccccc2)ccc1O. The first kappa shape index (κ1) is 49.5. The highest BCUT2D eigenvalue weighted by atomic mass is 16.5. The molecule has 0 radical (unpaired) electrons. The van der Waals surface area contributed by atoms with Crippen LogP contribution in [0.4, 0.5) is 11.4 Å². The molecule has 2 aliphatic rings. The van der Waals surface area contributed by atoms with Gasteiger partial charge >= 0.3 is 0 Å². The Balaban J connectivity index is 0.000000164. The van der Waals surface area contributed by atoms with Gasteiger partial charge in [-0.05, 0) is 87.5 Å². The van der Waals surface area contributed by atoms with E-state index in [1.165, 1.54) is 6.07 Å². The first-order valence-corrected chi connectivity index (χ1v) is 25.5. The lowest BCUT2D eigenvalue weighted by atomic mass is 9.86. The summed E-state index contributed by atoms with van der Waals surface area (Å²) in [6, 6.07) is 83.3. The van der Waals surface area contributed by atoms with Crippen molar-refractivity contribution in [3.05, 3.63) is 323 Å². The van der Waals surface area contributed by atoms with Crippen LogP contribution in [0, 0.1) is 0 Å². The number of para-hydroxylation sites is 2. The van der Waals surface area contributed by atoms with Gasteiger partial charge in [-0.1, -0.05) is 218 Å². The Morgan fingerprint density at radius 2 is 0.805 bits per heavy atom. The summed E-state index contributed by atoms with van der Waals surface area (Å²) in [5.41, 5.74) is 7.06. The van der Waals surface area contributed by atoms with Gasteiger partial charge in [0.2, 0.25) is 11.5 Å². The number of carbonyl (C=O) groups is 2. The summed E-state index contributed by atoms with van der Waals surface area (Å²) in [5.74, 6) is -0.356. The summed E-state index contributed by atoms with van der Waals surface area (Å²) in [6.07, 6.45) is 0. The molecule has 0 spiro atoms. The molecule has 2 unspecified atom stereocenters. The zero-order valence-electron chi connectivity index (χ0n) is 41.9. The van der Waals surface area contributed by atoms with Crippen LogP contribution in [-0.4, -0.2) is 27.1 Å². The summed E-state index contributed by atoms with van der Waals surface area (Å²) >= 11 is 0. The van der Waals surface area contributed by atoms with E-state index in [9.17, 15) is 24.9 Å². The molecule has 0 aliphatic carbocycles. The maximum absolute atomic E-state index is 14.4. The molecule has 9 nitrogen and oxygen atoms in total. The Morgan fingerprint density at radius 1 is 0.403 bits per heavy atom. The number of phenolic OH excluding ortho intramolecular Hbond substituents is 2. The Kier molecular flexibility index (Phi) is 14.2. The van der Waals surface area contributed by atoms with E-state index in [1.54, 1.807) is 47.4 Å². The first-order chi connectivity index (χ1) is 37.8. The number of nitrogens with zero attached hydrogens (tertiary/aromatic N) is 2. The molecule has 9 heteroatoms. The molecule has 12 rings (SSSR count). The van der Waals surface area contributed by atoms with Crippen molar-refractivity contribution in [2.24, 2.45) is 0 Å². The normalized spacial score (nSPS) is 15.4. The third kappa shape index (κ3) is 9.91. The molecular weight excluding hydrogens is 957 g/mol. The quantitative estimate of drug-likeness (QED) is 0.0992. The molecule has 0 aromatic heterocycles. The maximum atomic E-state index is 14.4. The zero-order chi connectivity index (χ0) is 52.7. The van der Waals surface area contributed by atoms with Gasteiger partial charge in [0.05, 0.1) is 23.7 Å². The summed E-state index contributed by atoms with van der Waals surface area (Å²) in [5, 5.41) is 34.2. The van der Waals surface area contributed by atoms with Crippen molar-refractivity contribution in [3.63, 3.8) is 0 Å². The van der Waals surface area contributed by atoms with Gasteiger partial charge in [-0.15, -0.1) is 0 Å². The van der Waals surface area contributed by atoms with Crippen molar-refractivity contribution < 1.29 is 34.4 Å². The topological polar surface area (TPSA) is 120 Å². The van der Waals surface area contributed by atoms with Crippen molar-refractivity contribution >= 4 is 23.2 Å². The predicted molar refractivity (Wildman–Crippen MR) is 300 cm³/mol. The summed E-state index contributed by atoms with van der Waals surface area (Å²) < 4.78 is 12.0. The van der Waals surface area contributed by atoms with Crippen molar-refractivity contribution in [1.82, 2.24) is 0 Å². The smallest absolute Gasteiger partial charge is 0.269 e. The molecule has 0 fully saturated rings. The average molecular weight is 1010 g/mol. The Bertz CT molecular complexity index is 3560. The van der Waals surface area contributed by atoms with Crippen molar-refractivity contribution in [2.75, 3.05) is 9.80 Å². The number of aromatic hydroxyl groups is 2. The standard InChI is InChI=1S/C34H27NO4.C34H27NO3/c36-31-21-20-27(39-23-24-12-4-1-5-13-24)22-29(31)34(38)28-18-10-11-19-30(28)35(33(34)37)32(25-14-6-2-7-15-25)26-16-8-3-9-17-26;36-31-21-20-27(38-23-24-12-4-1-5-13-24)22-29(31)32-28-18-10-11-19-30(28)35(34(32)37)33(25-14-6-2-7-15-25)26-16-8-3-9-17-26/h1-22,32,36,38H,23H2;1-22,32-33,36H,23H2. The lowest BCUT2D eigenvalue weighted by molar-refractivity contribution is -0.132. The number of hydrogen-bond donors (Lipinski definition) is 3. The molecule has 2 amide bonds. The molecule has 10 aromatic carbocycles. The fourth-order valence-electron chi connectivity index (χ4n) is 10.6. The highest BCUT2D eigenvalue weighted by Gasteiger charge is 2.54. The summed E-state index contributed by atoms with van der Waals surface area (Å²) in [7, 11) is 0. The van der Waals surface area contributed by atoms with E-state index in [1.807, 2.05) is 199 Å². The lowest BCUT2D eigenvalue weighted by Crippen LogP contribution is -2.43. The molecule has 0 bridgehead atoms. The monoisotopic (exact) mass is 1010 g/mol. The highest BCUT2D eigenvalue weighted by Crippen LogP contribution is 2.52. The third-order valence-electron chi connectivity index (χ3n) is 14.2. The van der Waals surface area contributed by atoms with Crippen LogP contribution in [-0.2, 0) is 28.4 Å². The fraction of sp³-hybridized carbons (Fsp3) is 0.0882. The van der Waals surface area contributed by atoms with Crippen molar-refractivity contribution in [3.8, 4) is 23.0 Å². The van der Waals surface area contributed by atoms with Gasteiger partial charge in [-0.2, -0.15) is 0 Å². The molecule has 3 N–H and O–H groups in total. The second-order valence-corrected chi connectivity index (χ2v) is 19.0. The first-order valence-electron chi connectivity index (χ1n) is 25.5. The number of hydrogen-bond acceptors (Lipinski definition) is 7. The second-order valence-electron chi connectivity index (χ2n) is 19.0. The fourth-order valence-corrected chi connectivity index (χ4v) is 10.6. The summed E-state index contributed by atoms with van der Waals surface area (Å²) in [4.78, 5) is 32.3. The number of benzene rings is 10. The minimum absolute atomic E-state index is 0.0723. The molecule has 0 saturated carbocycles. The number of anilines is 2. The molecular formula is C68H54N2O7. The second kappa shape index (κ2) is 22.0. The number of rotatable bonds is 14. The highest BCUT2D eigenvalue weighted by molar-refractivity contribution is 6.10. The molecule has 10 aromatic rings. The van der Waals surface area contributed by atoms with Crippen LogP contribution < -0.4 is 19.3 Å². The Hall–Kier alpha value is -9.70. The van der Waals surface area contributed by atoms with Gasteiger partial charge < -0.3 is 24.8 Å². The van der Waals surface area contributed by atoms with E-state index < -0.39 is 23.5 Å². The molecule has 77 heavy (non-hydrogen) atoms. The Labute approximate surface area is 447 Å². The lowest BCUT2D eigenvalue weighted by Gasteiger charge is -2.31. The average Bonchev–Trinajstić information content (AvgIpc) is 3.95. The van der Waals surface area contributed by atoms with E-state index in [2.05, 4.69) is 24.3 Å². The van der Waals surface area contributed by atoms with Crippen LogP contribution in [0.15, 0.2) is 267 Å². The minimum Gasteiger partial charge on any atom is -0.508 e. The van der Waals surface area contributed by atoms with Crippen LogP contribution in [0.5, 0.6) is 23.0 Å². The number of amides is 2. The van der Waals surface area contributed by atoms with Gasteiger partial charge in [0.15, 0.2) is 0 Å². The number of carbonyl (C=O) groups excluding carboxylic acids is 2. The van der Waals surface area contributed by atoms with Gasteiger partial charge in [-0.25, -0.2) is 0 Å². The van der Waals surface area contributed by atoms with Crippen LogP contribution in [0.1, 0.15) is 73.6 Å². The largest absolute Gasteiger partial charge is 0.508 e. The van der Waals surface area contributed by atoms with Gasteiger partial charge in [0, 0.05) is 22.4 Å². The van der Waals surface area contributed by atoms with Crippen LogP contribution in [0.25, 0.3) is 0 Å². The van der Waals surface area contributed by atoms with Crippen LogP contribution >= 0.6 is 0 Å². The van der Waals surface area contributed by atoms with E-state index in [0.29, 0.717) is 41.5 Å². The third-order valence-corrected chi connectivity index (χ3v) is 14.2. The Morgan fingerprint density at radius 3 is 1.31 bits per heavy atom. The van der Waals surface area contributed by atoms with E-state index in [-0.39, 0.29) is 29.0 Å². The van der Waals surface area contributed by atoms with Gasteiger partial charge in [0.25, 0.3) is 5.91 Å². The van der Waals surface area contributed by atoms with Crippen LogP contribution in [0.3, 0.4) is 0 Å². The van der Waals surface area contributed by atoms with Crippen LogP contribution in [0.2, 0.25) is 0 Å². The zero-order valence-corrected chi connectivity index (χ0v) is 41.9. The molecule has 2 atom stereocenters.